The Balaban J connectivity index is 1.69. The largest absolute Gasteiger partial charge is 0.0796 e. The van der Waals surface area contributed by atoms with Crippen LogP contribution in [-0.2, 0) is 5.41 Å². The van der Waals surface area contributed by atoms with Crippen molar-refractivity contribution in [3.63, 3.8) is 0 Å². The molecule has 0 aliphatic heterocycles. The van der Waals surface area contributed by atoms with Crippen LogP contribution in [0.4, 0.5) is 0 Å². The summed E-state index contributed by atoms with van der Waals surface area (Å²) in [6, 6.07) is 32.4. The van der Waals surface area contributed by atoms with E-state index in [-0.39, 0.29) is 5.41 Å². The molecule has 0 radical (unpaired) electrons. The summed E-state index contributed by atoms with van der Waals surface area (Å²) in [7, 11) is 0. The van der Waals surface area contributed by atoms with Gasteiger partial charge in [0.1, 0.15) is 0 Å². The molecule has 0 amide bonds. The Morgan fingerprint density at radius 2 is 1.13 bits per heavy atom. The van der Waals surface area contributed by atoms with Gasteiger partial charge in [-0.1, -0.05) is 103 Å². The minimum Gasteiger partial charge on any atom is -0.0796 e. The molecular formula is C23H20. The Morgan fingerprint density at radius 1 is 0.652 bits per heavy atom. The molecule has 0 aromatic heterocycles. The maximum atomic E-state index is 2.38. The summed E-state index contributed by atoms with van der Waals surface area (Å²) >= 11 is 0. The molecule has 0 saturated heterocycles. The molecule has 4 rings (SSSR count). The van der Waals surface area contributed by atoms with Gasteiger partial charge >= 0.3 is 0 Å². The summed E-state index contributed by atoms with van der Waals surface area (Å²) < 4.78 is 0. The van der Waals surface area contributed by atoms with E-state index >= 15 is 0 Å². The average Bonchev–Trinajstić information content (AvgIpc) is 3.38. The number of rotatable bonds is 4. The van der Waals surface area contributed by atoms with E-state index in [2.05, 4.69) is 103 Å². The second-order valence-corrected chi connectivity index (χ2v) is 6.28. The SMILES string of the molecule is C(=C\C1CC1(c1ccccc1)c1ccccc1)/c1ccccc1. The van der Waals surface area contributed by atoms with Gasteiger partial charge in [0.2, 0.25) is 0 Å². The minimum atomic E-state index is 0.147. The topological polar surface area (TPSA) is 0 Å². The van der Waals surface area contributed by atoms with Crippen LogP contribution >= 0.6 is 0 Å². The molecule has 0 bridgehead atoms. The molecular weight excluding hydrogens is 276 g/mol. The van der Waals surface area contributed by atoms with E-state index in [0.29, 0.717) is 5.92 Å². The van der Waals surface area contributed by atoms with E-state index in [4.69, 9.17) is 0 Å². The van der Waals surface area contributed by atoms with Crippen molar-refractivity contribution in [2.75, 3.05) is 0 Å². The molecule has 0 nitrogen and oxygen atoms in total. The lowest BCUT2D eigenvalue weighted by molar-refractivity contribution is 0.791. The van der Waals surface area contributed by atoms with E-state index in [1.807, 2.05) is 0 Å². The van der Waals surface area contributed by atoms with Gasteiger partial charge in [-0.15, -0.1) is 0 Å². The van der Waals surface area contributed by atoms with Crippen molar-refractivity contribution in [3.8, 4) is 0 Å². The van der Waals surface area contributed by atoms with Crippen LogP contribution in [0.1, 0.15) is 23.1 Å². The first-order valence-corrected chi connectivity index (χ1v) is 8.24. The van der Waals surface area contributed by atoms with Crippen molar-refractivity contribution < 1.29 is 0 Å². The second kappa shape index (κ2) is 5.89. The van der Waals surface area contributed by atoms with Gasteiger partial charge in [-0.2, -0.15) is 0 Å². The quantitative estimate of drug-likeness (QED) is 0.579. The van der Waals surface area contributed by atoms with Gasteiger partial charge in [0.05, 0.1) is 0 Å². The fourth-order valence-corrected chi connectivity index (χ4v) is 3.61. The molecule has 112 valence electrons. The van der Waals surface area contributed by atoms with Gasteiger partial charge in [0.15, 0.2) is 0 Å². The normalized spacial score (nSPS) is 18.9. The molecule has 1 fully saturated rings. The zero-order chi connectivity index (χ0) is 15.5. The predicted octanol–water partition coefficient (Wildman–Crippen LogP) is 5.71. The van der Waals surface area contributed by atoms with E-state index in [9.17, 15) is 0 Å². The summed E-state index contributed by atoms with van der Waals surface area (Å²) in [5.74, 6) is 0.563. The second-order valence-electron chi connectivity index (χ2n) is 6.28. The first-order valence-electron chi connectivity index (χ1n) is 8.24. The fourth-order valence-electron chi connectivity index (χ4n) is 3.61. The molecule has 3 aromatic rings. The van der Waals surface area contributed by atoms with Gasteiger partial charge in [-0.25, -0.2) is 0 Å². The maximum absolute atomic E-state index is 2.38. The summed E-state index contributed by atoms with van der Waals surface area (Å²) in [5, 5.41) is 0. The Bertz CT molecular complexity index is 746. The highest BCUT2D eigenvalue weighted by atomic mass is 14.6. The van der Waals surface area contributed by atoms with Crippen LogP contribution in [0, 0.1) is 5.92 Å². The number of benzene rings is 3. The molecule has 1 unspecified atom stereocenters. The summed E-state index contributed by atoms with van der Waals surface area (Å²) in [4.78, 5) is 0. The van der Waals surface area contributed by atoms with Gasteiger partial charge < -0.3 is 0 Å². The summed E-state index contributed by atoms with van der Waals surface area (Å²) in [6.07, 6.45) is 5.83. The molecule has 1 atom stereocenters. The standard InChI is InChI=1S/C23H20/c1-4-10-19(11-5-1)16-17-22-18-23(22,20-12-6-2-7-13-20)21-14-8-3-9-15-21/h1-17,22H,18H2/b17-16+. The molecule has 0 spiro atoms. The van der Waals surface area contributed by atoms with Crippen LogP contribution in [0.5, 0.6) is 0 Å². The van der Waals surface area contributed by atoms with Gasteiger partial charge in [0.25, 0.3) is 0 Å². The van der Waals surface area contributed by atoms with Crippen LogP contribution in [-0.4, -0.2) is 0 Å². The van der Waals surface area contributed by atoms with Crippen LogP contribution in [0.3, 0.4) is 0 Å². The molecule has 0 N–H and O–H groups in total. The third-order valence-corrected chi connectivity index (χ3v) is 4.91. The summed E-state index contributed by atoms with van der Waals surface area (Å²) in [6.45, 7) is 0. The highest BCUT2D eigenvalue weighted by Crippen LogP contribution is 2.59. The molecule has 3 aromatic carbocycles. The average molecular weight is 296 g/mol. The van der Waals surface area contributed by atoms with E-state index in [1.54, 1.807) is 0 Å². The smallest absolute Gasteiger partial charge is 0.0272 e. The van der Waals surface area contributed by atoms with Crippen molar-refractivity contribution >= 4 is 6.08 Å². The Hall–Kier alpha value is -2.60. The third kappa shape index (κ3) is 2.61. The molecule has 23 heavy (non-hydrogen) atoms. The lowest BCUT2D eigenvalue weighted by Gasteiger charge is -2.18. The van der Waals surface area contributed by atoms with Crippen molar-refractivity contribution in [3.05, 3.63) is 114 Å². The van der Waals surface area contributed by atoms with Gasteiger partial charge in [-0.3, -0.25) is 0 Å². The maximum Gasteiger partial charge on any atom is 0.0272 e. The van der Waals surface area contributed by atoms with Crippen LogP contribution in [0.25, 0.3) is 6.08 Å². The summed E-state index contributed by atoms with van der Waals surface area (Å²) in [5.41, 5.74) is 4.27. The van der Waals surface area contributed by atoms with Gasteiger partial charge in [0, 0.05) is 5.41 Å². The predicted molar refractivity (Wildman–Crippen MR) is 97.2 cm³/mol. The van der Waals surface area contributed by atoms with Crippen molar-refractivity contribution in [2.45, 2.75) is 11.8 Å². The minimum absolute atomic E-state index is 0.147. The number of hydrogen-bond donors (Lipinski definition) is 0. The highest BCUT2D eigenvalue weighted by molar-refractivity contribution is 5.55. The fraction of sp³-hybridized carbons (Fsp3) is 0.130. The molecule has 0 heterocycles. The third-order valence-electron chi connectivity index (χ3n) is 4.91. The van der Waals surface area contributed by atoms with Crippen LogP contribution in [0.15, 0.2) is 97.1 Å². The number of hydrogen-bond acceptors (Lipinski definition) is 0. The van der Waals surface area contributed by atoms with Crippen molar-refractivity contribution in [2.24, 2.45) is 5.92 Å². The van der Waals surface area contributed by atoms with Crippen molar-refractivity contribution in [1.82, 2.24) is 0 Å². The van der Waals surface area contributed by atoms with Crippen LogP contribution < -0.4 is 0 Å². The van der Waals surface area contributed by atoms with Gasteiger partial charge in [-0.05, 0) is 29.0 Å². The highest BCUT2D eigenvalue weighted by Gasteiger charge is 2.54. The Kier molecular flexibility index (Phi) is 3.59. The molecule has 0 heteroatoms. The molecule has 1 aliphatic rings. The zero-order valence-corrected chi connectivity index (χ0v) is 13.1. The van der Waals surface area contributed by atoms with E-state index in [1.165, 1.54) is 23.1 Å². The zero-order valence-electron chi connectivity index (χ0n) is 13.1. The monoisotopic (exact) mass is 296 g/mol. The first kappa shape index (κ1) is 14.0. The molecule has 1 aliphatic carbocycles. The van der Waals surface area contributed by atoms with Crippen molar-refractivity contribution in [1.29, 1.82) is 0 Å². The number of allylic oxidation sites excluding steroid dienone is 1. The lowest BCUT2D eigenvalue weighted by Crippen LogP contribution is -2.11. The molecule has 1 saturated carbocycles. The Labute approximate surface area is 138 Å². The van der Waals surface area contributed by atoms with E-state index < -0.39 is 0 Å². The van der Waals surface area contributed by atoms with E-state index in [0.717, 1.165) is 0 Å². The lowest BCUT2D eigenvalue weighted by atomic mass is 9.85. The first-order chi connectivity index (χ1) is 11.4. The Morgan fingerprint density at radius 3 is 1.65 bits per heavy atom. The van der Waals surface area contributed by atoms with Crippen LogP contribution in [0.2, 0.25) is 0 Å².